The summed E-state index contributed by atoms with van der Waals surface area (Å²) in [5.41, 5.74) is 0.704. The van der Waals surface area contributed by atoms with Gasteiger partial charge in [-0.1, -0.05) is 18.7 Å². The molecule has 3 rings (SSSR count). The highest BCUT2D eigenvalue weighted by Gasteiger charge is 2.13. The number of halogens is 1. The third-order valence-corrected chi connectivity index (χ3v) is 5.39. The van der Waals surface area contributed by atoms with E-state index >= 15 is 0 Å². The van der Waals surface area contributed by atoms with Gasteiger partial charge in [-0.2, -0.15) is 5.10 Å². The molecular weight excluding hydrogens is 435 g/mol. The minimum atomic E-state index is -0.356. The number of hydrogen-bond donors (Lipinski definition) is 2. The van der Waals surface area contributed by atoms with Crippen molar-refractivity contribution in [2.45, 2.75) is 25.0 Å². The van der Waals surface area contributed by atoms with Gasteiger partial charge in [-0.15, -0.1) is 0 Å². The van der Waals surface area contributed by atoms with Gasteiger partial charge in [-0.05, 0) is 30.7 Å². The number of hydrogen-bond acceptors (Lipinski definition) is 8. The van der Waals surface area contributed by atoms with Crippen LogP contribution in [0.1, 0.15) is 13.3 Å². The standard InChI is InChI=1S/C21H27FN6O3S/c1-3-12-32-21-26-19(24-9-11-30-2)17-13-25-28(20(17)27-21)10-8-23-18(29)14-31-16-6-4-15(22)5-7-16/h4-7,13H,3,8-12,14H2,1-2H3,(H,23,29)(H,24,26,27). The minimum absolute atomic E-state index is 0.154. The molecule has 11 heteroatoms. The molecule has 3 aromatic rings. The molecule has 0 saturated heterocycles. The largest absolute Gasteiger partial charge is 0.484 e. The lowest BCUT2D eigenvalue weighted by Gasteiger charge is -2.10. The number of anilines is 1. The highest BCUT2D eigenvalue weighted by molar-refractivity contribution is 7.99. The highest BCUT2D eigenvalue weighted by atomic mass is 32.2. The van der Waals surface area contributed by atoms with E-state index in [0.29, 0.717) is 48.6 Å². The van der Waals surface area contributed by atoms with E-state index in [1.807, 2.05) is 0 Å². The van der Waals surface area contributed by atoms with Crippen molar-refractivity contribution in [3.05, 3.63) is 36.3 Å². The number of carbonyl (C=O) groups excluding carboxylic acids is 1. The Balaban J connectivity index is 1.60. The molecule has 1 aromatic carbocycles. The average Bonchev–Trinajstić information content (AvgIpc) is 3.20. The van der Waals surface area contributed by atoms with E-state index < -0.39 is 0 Å². The number of nitrogens with zero attached hydrogens (tertiary/aromatic N) is 4. The maximum atomic E-state index is 12.9. The molecule has 0 aliphatic heterocycles. The van der Waals surface area contributed by atoms with Gasteiger partial charge in [-0.3, -0.25) is 4.79 Å². The Labute approximate surface area is 190 Å². The second-order valence-corrected chi connectivity index (χ2v) is 7.88. The summed E-state index contributed by atoms with van der Waals surface area (Å²) in [5, 5.41) is 12.0. The topological polar surface area (TPSA) is 103 Å². The first-order valence-electron chi connectivity index (χ1n) is 10.3. The van der Waals surface area contributed by atoms with Crippen molar-refractivity contribution < 1.29 is 18.7 Å². The summed E-state index contributed by atoms with van der Waals surface area (Å²) in [6.07, 6.45) is 2.74. The number of benzene rings is 1. The van der Waals surface area contributed by atoms with Crippen molar-refractivity contribution in [2.24, 2.45) is 0 Å². The zero-order valence-corrected chi connectivity index (χ0v) is 19.0. The van der Waals surface area contributed by atoms with Gasteiger partial charge >= 0.3 is 0 Å². The summed E-state index contributed by atoms with van der Waals surface area (Å²) in [6.45, 7) is 3.93. The van der Waals surface area contributed by atoms with Crippen molar-refractivity contribution >= 4 is 34.5 Å². The molecule has 0 fully saturated rings. The number of amides is 1. The van der Waals surface area contributed by atoms with Gasteiger partial charge in [0, 0.05) is 26.0 Å². The molecule has 2 heterocycles. The van der Waals surface area contributed by atoms with Gasteiger partial charge in [0.25, 0.3) is 5.91 Å². The predicted octanol–water partition coefficient (Wildman–Crippen LogP) is 2.72. The Bertz CT molecular complexity index is 1010. The van der Waals surface area contributed by atoms with Crippen LogP contribution in [0.2, 0.25) is 0 Å². The second kappa shape index (κ2) is 12.2. The van der Waals surface area contributed by atoms with Crippen LogP contribution in [0.5, 0.6) is 5.75 Å². The molecule has 172 valence electrons. The van der Waals surface area contributed by atoms with E-state index in [-0.39, 0.29) is 18.3 Å². The molecule has 0 unspecified atom stereocenters. The Morgan fingerprint density at radius 3 is 2.78 bits per heavy atom. The summed E-state index contributed by atoms with van der Waals surface area (Å²) in [5.74, 6) is 1.43. The number of aromatic nitrogens is 4. The molecule has 2 aromatic heterocycles. The van der Waals surface area contributed by atoms with E-state index in [0.717, 1.165) is 17.6 Å². The number of fused-ring (bicyclic) bond motifs is 1. The van der Waals surface area contributed by atoms with Crippen molar-refractivity contribution in [2.75, 3.05) is 44.5 Å². The third-order valence-electron chi connectivity index (χ3n) is 4.34. The van der Waals surface area contributed by atoms with Gasteiger partial charge in [0.05, 0.1) is 24.7 Å². The van der Waals surface area contributed by atoms with E-state index in [4.69, 9.17) is 9.47 Å². The van der Waals surface area contributed by atoms with Crippen LogP contribution in [0.4, 0.5) is 10.2 Å². The molecule has 0 atom stereocenters. The van der Waals surface area contributed by atoms with Crippen LogP contribution in [-0.4, -0.2) is 64.8 Å². The lowest BCUT2D eigenvalue weighted by molar-refractivity contribution is -0.123. The van der Waals surface area contributed by atoms with Crippen LogP contribution >= 0.6 is 11.8 Å². The summed E-state index contributed by atoms with van der Waals surface area (Å²) in [4.78, 5) is 21.3. The van der Waals surface area contributed by atoms with Gasteiger partial charge in [0.1, 0.15) is 17.4 Å². The van der Waals surface area contributed by atoms with Crippen molar-refractivity contribution in [3.8, 4) is 5.75 Å². The molecular formula is C21H27FN6O3S. The smallest absolute Gasteiger partial charge is 0.258 e. The lowest BCUT2D eigenvalue weighted by Crippen LogP contribution is -2.31. The van der Waals surface area contributed by atoms with Gasteiger partial charge < -0.3 is 20.1 Å². The fraction of sp³-hybridized carbons (Fsp3) is 0.429. The maximum Gasteiger partial charge on any atom is 0.258 e. The molecule has 32 heavy (non-hydrogen) atoms. The first kappa shape index (κ1) is 23.7. The quantitative estimate of drug-likeness (QED) is 0.227. The Morgan fingerprint density at radius 1 is 1.22 bits per heavy atom. The third kappa shape index (κ3) is 6.79. The van der Waals surface area contributed by atoms with E-state index in [2.05, 4.69) is 32.6 Å². The van der Waals surface area contributed by atoms with E-state index in [1.54, 1.807) is 29.8 Å². The zero-order valence-electron chi connectivity index (χ0n) is 18.1. The summed E-state index contributed by atoms with van der Waals surface area (Å²) in [7, 11) is 1.65. The molecule has 0 bridgehead atoms. The van der Waals surface area contributed by atoms with Crippen LogP contribution < -0.4 is 15.4 Å². The number of methoxy groups -OCH3 is 1. The molecule has 0 spiro atoms. The van der Waals surface area contributed by atoms with Gasteiger partial charge in [0.15, 0.2) is 17.4 Å². The van der Waals surface area contributed by atoms with Crippen molar-refractivity contribution in [1.82, 2.24) is 25.1 Å². The number of nitrogens with one attached hydrogen (secondary N) is 2. The summed E-state index contributed by atoms with van der Waals surface area (Å²) in [6, 6.07) is 5.52. The average molecular weight is 463 g/mol. The van der Waals surface area contributed by atoms with E-state index in [9.17, 15) is 9.18 Å². The predicted molar refractivity (Wildman–Crippen MR) is 122 cm³/mol. The van der Waals surface area contributed by atoms with Gasteiger partial charge in [0.2, 0.25) is 0 Å². The first-order valence-corrected chi connectivity index (χ1v) is 11.3. The molecule has 0 radical (unpaired) electrons. The second-order valence-electron chi connectivity index (χ2n) is 6.82. The fourth-order valence-electron chi connectivity index (χ4n) is 2.80. The Morgan fingerprint density at radius 2 is 2.03 bits per heavy atom. The van der Waals surface area contributed by atoms with E-state index in [1.165, 1.54) is 24.3 Å². The summed E-state index contributed by atoms with van der Waals surface area (Å²) < 4.78 is 25.1. The van der Waals surface area contributed by atoms with Crippen LogP contribution in [0.3, 0.4) is 0 Å². The van der Waals surface area contributed by atoms with Crippen molar-refractivity contribution in [3.63, 3.8) is 0 Å². The molecule has 0 saturated carbocycles. The SMILES string of the molecule is CCCSc1nc(NCCOC)c2cnn(CCNC(=O)COc3ccc(F)cc3)c2n1. The monoisotopic (exact) mass is 462 g/mol. The molecule has 0 aliphatic carbocycles. The lowest BCUT2D eigenvalue weighted by atomic mass is 10.3. The highest BCUT2D eigenvalue weighted by Crippen LogP contribution is 2.24. The van der Waals surface area contributed by atoms with Crippen LogP contribution in [-0.2, 0) is 16.1 Å². The zero-order chi connectivity index (χ0) is 22.8. The van der Waals surface area contributed by atoms with Crippen LogP contribution in [0.15, 0.2) is 35.6 Å². The first-order chi connectivity index (χ1) is 15.6. The summed E-state index contributed by atoms with van der Waals surface area (Å²) >= 11 is 1.59. The number of carbonyl (C=O) groups is 1. The number of thioether (sulfide) groups is 1. The number of ether oxygens (including phenoxy) is 2. The molecule has 1 amide bonds. The van der Waals surface area contributed by atoms with Crippen LogP contribution in [0.25, 0.3) is 11.0 Å². The molecule has 0 aliphatic rings. The van der Waals surface area contributed by atoms with Crippen LogP contribution in [0, 0.1) is 5.82 Å². The van der Waals surface area contributed by atoms with Gasteiger partial charge in [-0.25, -0.2) is 19.0 Å². The molecule has 2 N–H and O–H groups in total. The fourth-order valence-corrected chi connectivity index (χ4v) is 3.49. The minimum Gasteiger partial charge on any atom is -0.484 e. The van der Waals surface area contributed by atoms with Crippen molar-refractivity contribution in [1.29, 1.82) is 0 Å². The Hall–Kier alpha value is -2.92. The normalized spacial score (nSPS) is 11.0. The maximum absolute atomic E-state index is 12.9. The number of rotatable bonds is 13. The molecule has 9 nitrogen and oxygen atoms in total. The Kier molecular flexibility index (Phi) is 9.05.